The first-order valence-electron chi connectivity index (χ1n) is 4.80. The summed E-state index contributed by atoms with van der Waals surface area (Å²) in [6.07, 6.45) is 0. The fourth-order valence-electron chi connectivity index (χ4n) is 1.29. The fraction of sp³-hybridized carbons (Fsp3) is 0.455. The Morgan fingerprint density at radius 2 is 1.93 bits per heavy atom. The second-order valence-electron chi connectivity index (χ2n) is 3.44. The van der Waals surface area contributed by atoms with Gasteiger partial charge >= 0.3 is 0 Å². The number of hydrogen-bond acceptors (Lipinski definition) is 2. The largest absolute Gasteiger partial charge is 0.383 e. The van der Waals surface area contributed by atoms with Crippen molar-refractivity contribution in [2.75, 3.05) is 13.7 Å². The van der Waals surface area contributed by atoms with Crippen molar-refractivity contribution in [3.63, 3.8) is 0 Å². The van der Waals surface area contributed by atoms with E-state index < -0.39 is 0 Å². The maximum atomic E-state index is 6.03. The van der Waals surface area contributed by atoms with Gasteiger partial charge in [-0.2, -0.15) is 0 Å². The minimum absolute atomic E-state index is 0.280. The summed E-state index contributed by atoms with van der Waals surface area (Å²) in [7, 11) is 1.68. The van der Waals surface area contributed by atoms with Crippen LogP contribution >= 0.6 is 23.2 Å². The highest BCUT2D eigenvalue weighted by Gasteiger charge is 2.06. The van der Waals surface area contributed by atoms with Gasteiger partial charge < -0.3 is 10.1 Å². The standard InChI is InChI=1S/C11H15Cl2NO/c1-8(7-15-2)14-6-9-10(12)4-3-5-11(9)13/h3-5,8,14H,6-7H2,1-2H3/t8-/m0/s1. The quantitative estimate of drug-likeness (QED) is 0.864. The van der Waals surface area contributed by atoms with Gasteiger partial charge in [0.15, 0.2) is 0 Å². The van der Waals surface area contributed by atoms with Crippen LogP contribution in [0.15, 0.2) is 18.2 Å². The Morgan fingerprint density at radius 1 is 1.33 bits per heavy atom. The summed E-state index contributed by atoms with van der Waals surface area (Å²) >= 11 is 12.1. The van der Waals surface area contributed by atoms with Crippen molar-refractivity contribution in [1.82, 2.24) is 5.32 Å². The molecule has 1 rings (SSSR count). The van der Waals surface area contributed by atoms with E-state index in [9.17, 15) is 0 Å². The summed E-state index contributed by atoms with van der Waals surface area (Å²) in [6, 6.07) is 5.80. The highest BCUT2D eigenvalue weighted by molar-refractivity contribution is 6.35. The van der Waals surface area contributed by atoms with E-state index in [-0.39, 0.29) is 6.04 Å². The van der Waals surface area contributed by atoms with Crippen LogP contribution in [0.3, 0.4) is 0 Å². The summed E-state index contributed by atoms with van der Waals surface area (Å²) in [4.78, 5) is 0. The van der Waals surface area contributed by atoms with Gasteiger partial charge in [-0.15, -0.1) is 0 Å². The zero-order chi connectivity index (χ0) is 11.3. The average Bonchev–Trinajstić information content (AvgIpc) is 2.17. The van der Waals surface area contributed by atoms with E-state index in [2.05, 4.69) is 5.32 Å². The van der Waals surface area contributed by atoms with Gasteiger partial charge in [-0.1, -0.05) is 29.3 Å². The van der Waals surface area contributed by atoms with Crippen LogP contribution in [-0.2, 0) is 11.3 Å². The highest BCUT2D eigenvalue weighted by Crippen LogP contribution is 2.23. The third-order valence-electron chi connectivity index (χ3n) is 2.11. The third kappa shape index (κ3) is 3.99. The number of benzene rings is 1. The highest BCUT2D eigenvalue weighted by atomic mass is 35.5. The molecule has 0 bridgehead atoms. The fourth-order valence-corrected chi connectivity index (χ4v) is 1.82. The minimum atomic E-state index is 0.280. The van der Waals surface area contributed by atoms with Gasteiger partial charge in [0.25, 0.3) is 0 Å². The first kappa shape index (κ1) is 12.8. The zero-order valence-corrected chi connectivity index (χ0v) is 10.4. The lowest BCUT2D eigenvalue weighted by Crippen LogP contribution is -2.29. The van der Waals surface area contributed by atoms with Gasteiger partial charge in [0, 0.05) is 35.3 Å². The van der Waals surface area contributed by atoms with E-state index in [0.29, 0.717) is 23.2 Å². The summed E-state index contributed by atoms with van der Waals surface area (Å²) in [5.74, 6) is 0. The van der Waals surface area contributed by atoms with Crippen LogP contribution in [-0.4, -0.2) is 19.8 Å². The summed E-state index contributed by atoms with van der Waals surface area (Å²) in [5.41, 5.74) is 0.934. The van der Waals surface area contributed by atoms with E-state index >= 15 is 0 Å². The van der Waals surface area contributed by atoms with Gasteiger partial charge in [-0.25, -0.2) is 0 Å². The van der Waals surface area contributed by atoms with Gasteiger partial charge in [0.1, 0.15) is 0 Å². The first-order chi connectivity index (χ1) is 7.15. The molecule has 1 aromatic rings. The van der Waals surface area contributed by atoms with Crippen molar-refractivity contribution in [2.24, 2.45) is 0 Å². The summed E-state index contributed by atoms with van der Waals surface area (Å²) in [5, 5.41) is 4.68. The topological polar surface area (TPSA) is 21.3 Å². The van der Waals surface area contributed by atoms with Crippen molar-refractivity contribution >= 4 is 23.2 Å². The second kappa shape index (κ2) is 6.33. The Kier molecular flexibility index (Phi) is 5.40. The predicted molar refractivity (Wildman–Crippen MR) is 64.6 cm³/mol. The van der Waals surface area contributed by atoms with Crippen LogP contribution in [0, 0.1) is 0 Å². The molecule has 84 valence electrons. The monoisotopic (exact) mass is 247 g/mol. The molecule has 0 aliphatic carbocycles. The predicted octanol–water partition coefficient (Wildman–Crippen LogP) is 3.12. The van der Waals surface area contributed by atoms with Crippen LogP contribution in [0.25, 0.3) is 0 Å². The van der Waals surface area contributed by atoms with Gasteiger partial charge in [0.2, 0.25) is 0 Å². The molecule has 0 fully saturated rings. The Labute approximate surface area is 101 Å². The Balaban J connectivity index is 2.57. The van der Waals surface area contributed by atoms with Crippen LogP contribution in [0.1, 0.15) is 12.5 Å². The van der Waals surface area contributed by atoms with E-state index in [0.717, 1.165) is 5.56 Å². The molecule has 0 heterocycles. The van der Waals surface area contributed by atoms with E-state index in [1.165, 1.54) is 0 Å². The third-order valence-corrected chi connectivity index (χ3v) is 2.81. The lowest BCUT2D eigenvalue weighted by Gasteiger charge is -2.14. The molecule has 1 aromatic carbocycles. The van der Waals surface area contributed by atoms with Gasteiger partial charge in [-0.05, 0) is 19.1 Å². The van der Waals surface area contributed by atoms with Gasteiger partial charge in [-0.3, -0.25) is 0 Å². The molecule has 0 amide bonds. The van der Waals surface area contributed by atoms with E-state index in [1.54, 1.807) is 7.11 Å². The van der Waals surface area contributed by atoms with Crippen molar-refractivity contribution in [3.8, 4) is 0 Å². The molecule has 0 aliphatic rings. The van der Waals surface area contributed by atoms with Crippen LogP contribution in [0.5, 0.6) is 0 Å². The lowest BCUT2D eigenvalue weighted by atomic mass is 10.2. The van der Waals surface area contributed by atoms with Crippen LogP contribution in [0.2, 0.25) is 10.0 Å². The molecule has 0 unspecified atom stereocenters. The smallest absolute Gasteiger partial charge is 0.0613 e. The molecular formula is C11H15Cl2NO. The SMILES string of the molecule is COC[C@H](C)NCc1c(Cl)cccc1Cl. The number of halogens is 2. The number of hydrogen-bond donors (Lipinski definition) is 1. The molecule has 0 aromatic heterocycles. The molecule has 2 nitrogen and oxygen atoms in total. The second-order valence-corrected chi connectivity index (χ2v) is 4.25. The Bertz CT molecular complexity index is 297. The van der Waals surface area contributed by atoms with E-state index in [4.69, 9.17) is 27.9 Å². The van der Waals surface area contributed by atoms with Crippen molar-refractivity contribution in [3.05, 3.63) is 33.8 Å². The maximum absolute atomic E-state index is 6.03. The summed E-state index contributed by atoms with van der Waals surface area (Å²) < 4.78 is 5.02. The number of rotatable bonds is 5. The molecule has 0 aliphatic heterocycles. The average molecular weight is 248 g/mol. The van der Waals surface area contributed by atoms with Crippen molar-refractivity contribution in [2.45, 2.75) is 19.5 Å². The lowest BCUT2D eigenvalue weighted by molar-refractivity contribution is 0.171. The molecular weight excluding hydrogens is 233 g/mol. The van der Waals surface area contributed by atoms with Crippen LogP contribution < -0.4 is 5.32 Å². The summed E-state index contributed by atoms with van der Waals surface area (Å²) in [6.45, 7) is 3.37. The molecule has 0 saturated heterocycles. The molecule has 1 N–H and O–H groups in total. The molecule has 4 heteroatoms. The van der Waals surface area contributed by atoms with E-state index in [1.807, 2.05) is 25.1 Å². The number of methoxy groups -OCH3 is 1. The number of ether oxygens (including phenoxy) is 1. The molecule has 0 spiro atoms. The molecule has 0 saturated carbocycles. The Hall–Kier alpha value is -0.280. The maximum Gasteiger partial charge on any atom is 0.0613 e. The molecule has 1 atom stereocenters. The van der Waals surface area contributed by atoms with Crippen LogP contribution in [0.4, 0.5) is 0 Å². The number of nitrogens with one attached hydrogen (secondary N) is 1. The normalized spacial score (nSPS) is 12.8. The molecule has 0 radical (unpaired) electrons. The van der Waals surface area contributed by atoms with Gasteiger partial charge in [0.05, 0.1) is 6.61 Å². The first-order valence-corrected chi connectivity index (χ1v) is 5.56. The minimum Gasteiger partial charge on any atom is -0.383 e. The zero-order valence-electron chi connectivity index (χ0n) is 8.89. The van der Waals surface area contributed by atoms with Crippen molar-refractivity contribution in [1.29, 1.82) is 0 Å². The van der Waals surface area contributed by atoms with Crippen molar-refractivity contribution < 1.29 is 4.74 Å². The molecule has 15 heavy (non-hydrogen) atoms. The Morgan fingerprint density at radius 3 is 2.47 bits per heavy atom.